The topological polar surface area (TPSA) is 29.0 Å². The molecule has 0 radical (unpaired) electrons. The Hall–Kier alpha value is -1.95. The monoisotopic (exact) mass is 469 g/mol. The zero-order chi connectivity index (χ0) is 19.3. The zero-order valence-electron chi connectivity index (χ0n) is 15.2. The Morgan fingerprint density at radius 1 is 1.07 bits per heavy atom. The first-order valence-corrected chi connectivity index (χ1v) is 11.2. The van der Waals surface area contributed by atoms with Gasteiger partial charge in [-0.1, -0.05) is 46.3 Å². The SMILES string of the molecule is Cc1sc2nc(Cl)nc(N3CCCc4ccccc43)c2c1-c1ccc(Br)cc1. The number of thiophene rings is 1. The van der Waals surface area contributed by atoms with Crippen molar-refractivity contribution in [3.63, 3.8) is 0 Å². The first kappa shape index (κ1) is 18.1. The fourth-order valence-corrected chi connectivity index (χ4v) is 5.50. The van der Waals surface area contributed by atoms with Crippen LogP contribution >= 0.6 is 38.9 Å². The third-order valence-electron chi connectivity index (χ3n) is 5.18. The Morgan fingerprint density at radius 2 is 1.86 bits per heavy atom. The number of rotatable bonds is 2. The van der Waals surface area contributed by atoms with Crippen LogP contribution in [0.5, 0.6) is 0 Å². The maximum Gasteiger partial charge on any atom is 0.225 e. The summed E-state index contributed by atoms with van der Waals surface area (Å²) in [6.45, 7) is 3.07. The molecular formula is C22H17BrClN3S. The second-order valence-corrected chi connectivity index (χ2v) is 9.38. The molecule has 0 atom stereocenters. The summed E-state index contributed by atoms with van der Waals surface area (Å²) >= 11 is 11.6. The molecule has 4 aromatic rings. The number of hydrogen-bond donors (Lipinski definition) is 0. The van der Waals surface area contributed by atoms with Crippen LogP contribution in [0.3, 0.4) is 0 Å². The van der Waals surface area contributed by atoms with E-state index in [1.165, 1.54) is 27.3 Å². The lowest BCUT2D eigenvalue weighted by atomic mass is 10.00. The van der Waals surface area contributed by atoms with Crippen LogP contribution in [0.15, 0.2) is 53.0 Å². The molecule has 0 unspecified atom stereocenters. The maximum atomic E-state index is 6.35. The Labute approximate surface area is 181 Å². The average Bonchev–Trinajstić information content (AvgIpc) is 3.03. The van der Waals surface area contributed by atoms with E-state index in [9.17, 15) is 0 Å². The standard InChI is InChI=1S/C22H17BrClN3S/c1-13-18(15-8-10-16(23)11-9-15)19-20(25-22(24)26-21(19)28-13)27-12-4-6-14-5-2-3-7-17(14)27/h2-3,5,7-11H,4,6,12H2,1H3. The number of fused-ring (bicyclic) bond motifs is 2. The summed E-state index contributed by atoms with van der Waals surface area (Å²) in [6.07, 6.45) is 2.19. The molecule has 2 aromatic heterocycles. The molecule has 0 fully saturated rings. The van der Waals surface area contributed by atoms with Crippen molar-refractivity contribution in [2.45, 2.75) is 19.8 Å². The highest BCUT2D eigenvalue weighted by atomic mass is 79.9. The minimum Gasteiger partial charge on any atom is -0.325 e. The molecule has 6 heteroatoms. The molecule has 0 saturated heterocycles. The second kappa shape index (κ2) is 7.14. The predicted molar refractivity (Wildman–Crippen MR) is 122 cm³/mol. The van der Waals surface area contributed by atoms with E-state index in [1.807, 2.05) is 0 Å². The molecule has 3 nitrogen and oxygen atoms in total. The van der Waals surface area contributed by atoms with Crippen LogP contribution in [0.2, 0.25) is 5.28 Å². The smallest absolute Gasteiger partial charge is 0.225 e. The van der Waals surface area contributed by atoms with Gasteiger partial charge in [-0.05, 0) is 60.7 Å². The van der Waals surface area contributed by atoms with E-state index in [0.717, 1.165) is 39.9 Å². The van der Waals surface area contributed by atoms with Gasteiger partial charge in [-0.2, -0.15) is 4.98 Å². The lowest BCUT2D eigenvalue weighted by Crippen LogP contribution is -2.25. The first-order valence-electron chi connectivity index (χ1n) is 9.20. The van der Waals surface area contributed by atoms with Gasteiger partial charge in [-0.15, -0.1) is 11.3 Å². The molecule has 0 spiro atoms. The molecule has 0 aliphatic carbocycles. The number of anilines is 2. The summed E-state index contributed by atoms with van der Waals surface area (Å²) in [5.74, 6) is 0.907. The van der Waals surface area contributed by atoms with Gasteiger partial charge in [0.05, 0.1) is 5.39 Å². The molecule has 140 valence electrons. The molecule has 0 amide bonds. The number of nitrogens with zero attached hydrogens (tertiary/aromatic N) is 3. The molecule has 28 heavy (non-hydrogen) atoms. The first-order chi connectivity index (χ1) is 13.6. The van der Waals surface area contributed by atoms with Gasteiger partial charge in [0.25, 0.3) is 0 Å². The van der Waals surface area contributed by atoms with Crippen molar-refractivity contribution >= 4 is 60.6 Å². The van der Waals surface area contributed by atoms with E-state index in [2.05, 4.69) is 81.3 Å². The number of para-hydroxylation sites is 1. The Bertz CT molecular complexity index is 1190. The molecule has 2 aromatic carbocycles. The summed E-state index contributed by atoms with van der Waals surface area (Å²) in [5.41, 5.74) is 4.94. The molecule has 0 saturated carbocycles. The van der Waals surface area contributed by atoms with Crippen LogP contribution in [0, 0.1) is 6.92 Å². The van der Waals surface area contributed by atoms with E-state index in [-0.39, 0.29) is 0 Å². The molecule has 5 rings (SSSR count). The minimum atomic E-state index is 0.300. The van der Waals surface area contributed by atoms with Crippen molar-refractivity contribution in [1.29, 1.82) is 0 Å². The number of benzene rings is 2. The third-order valence-corrected chi connectivity index (χ3v) is 6.88. The quantitative estimate of drug-likeness (QED) is 0.291. The fourth-order valence-electron chi connectivity index (χ4n) is 3.98. The largest absolute Gasteiger partial charge is 0.325 e. The summed E-state index contributed by atoms with van der Waals surface area (Å²) in [6, 6.07) is 17.0. The summed E-state index contributed by atoms with van der Waals surface area (Å²) in [5, 5.41) is 1.39. The van der Waals surface area contributed by atoms with Crippen LogP contribution in [0.4, 0.5) is 11.5 Å². The normalized spacial score (nSPS) is 13.8. The highest BCUT2D eigenvalue weighted by Gasteiger charge is 2.25. The Balaban J connectivity index is 1.79. The van der Waals surface area contributed by atoms with Crippen molar-refractivity contribution in [2.24, 2.45) is 0 Å². The van der Waals surface area contributed by atoms with E-state index < -0.39 is 0 Å². The summed E-state index contributed by atoms with van der Waals surface area (Å²) in [7, 11) is 0. The number of halogens is 2. The lowest BCUT2D eigenvalue weighted by Gasteiger charge is -2.31. The molecule has 0 bridgehead atoms. The maximum absolute atomic E-state index is 6.35. The molecule has 0 N–H and O–H groups in total. The molecule has 1 aliphatic rings. The van der Waals surface area contributed by atoms with Gasteiger partial charge < -0.3 is 4.90 Å². The van der Waals surface area contributed by atoms with Gasteiger partial charge in [-0.25, -0.2) is 4.98 Å². The molecular weight excluding hydrogens is 454 g/mol. The molecule has 1 aliphatic heterocycles. The van der Waals surface area contributed by atoms with Crippen molar-refractivity contribution in [2.75, 3.05) is 11.4 Å². The Morgan fingerprint density at radius 3 is 2.68 bits per heavy atom. The van der Waals surface area contributed by atoms with Crippen molar-refractivity contribution in [3.05, 3.63) is 68.7 Å². The van der Waals surface area contributed by atoms with E-state index >= 15 is 0 Å². The third kappa shape index (κ3) is 3.02. The van der Waals surface area contributed by atoms with Gasteiger partial charge in [0.15, 0.2) is 0 Å². The van der Waals surface area contributed by atoms with Crippen LogP contribution in [0.1, 0.15) is 16.9 Å². The zero-order valence-corrected chi connectivity index (χ0v) is 18.4. The average molecular weight is 471 g/mol. The van der Waals surface area contributed by atoms with Crippen LogP contribution < -0.4 is 4.90 Å². The van der Waals surface area contributed by atoms with Gasteiger partial charge in [0.1, 0.15) is 10.6 Å². The second-order valence-electron chi connectivity index (χ2n) is 6.92. The van der Waals surface area contributed by atoms with Gasteiger partial charge >= 0.3 is 0 Å². The predicted octanol–water partition coefficient (Wildman–Crippen LogP) is 7.17. The summed E-state index contributed by atoms with van der Waals surface area (Å²) < 4.78 is 1.07. The van der Waals surface area contributed by atoms with Crippen LogP contribution in [-0.2, 0) is 6.42 Å². The van der Waals surface area contributed by atoms with E-state index in [4.69, 9.17) is 16.6 Å². The molecule has 3 heterocycles. The minimum absolute atomic E-state index is 0.300. The van der Waals surface area contributed by atoms with Crippen molar-refractivity contribution in [1.82, 2.24) is 9.97 Å². The highest BCUT2D eigenvalue weighted by Crippen LogP contribution is 2.45. The van der Waals surface area contributed by atoms with Crippen LogP contribution in [0.25, 0.3) is 21.3 Å². The van der Waals surface area contributed by atoms with Crippen molar-refractivity contribution < 1.29 is 0 Å². The van der Waals surface area contributed by atoms with E-state index in [1.54, 1.807) is 11.3 Å². The lowest BCUT2D eigenvalue weighted by molar-refractivity contribution is 0.761. The number of aryl methyl sites for hydroxylation is 2. The summed E-state index contributed by atoms with van der Waals surface area (Å²) in [4.78, 5) is 13.7. The number of aromatic nitrogens is 2. The highest BCUT2D eigenvalue weighted by molar-refractivity contribution is 9.10. The van der Waals surface area contributed by atoms with Gasteiger partial charge in [0, 0.05) is 27.1 Å². The fraction of sp³-hybridized carbons (Fsp3) is 0.182. The Kier molecular flexibility index (Phi) is 4.62. The number of hydrogen-bond acceptors (Lipinski definition) is 4. The van der Waals surface area contributed by atoms with Gasteiger partial charge in [-0.3, -0.25) is 0 Å². The van der Waals surface area contributed by atoms with E-state index in [0.29, 0.717) is 5.28 Å². The van der Waals surface area contributed by atoms with Crippen molar-refractivity contribution in [3.8, 4) is 11.1 Å². The van der Waals surface area contributed by atoms with Crippen LogP contribution in [-0.4, -0.2) is 16.5 Å². The van der Waals surface area contributed by atoms with Gasteiger partial charge in [0.2, 0.25) is 5.28 Å².